The third-order valence-corrected chi connectivity index (χ3v) is 6.58. The smallest absolute Gasteiger partial charge is 0.241 e. The van der Waals surface area contributed by atoms with E-state index in [9.17, 15) is 8.42 Å². The van der Waals surface area contributed by atoms with E-state index in [0.717, 1.165) is 35.7 Å². The molecular weight excluding hydrogens is 294 g/mol. The average molecular weight is 317 g/mol. The van der Waals surface area contributed by atoms with Gasteiger partial charge >= 0.3 is 0 Å². The number of thiophene rings is 1. The fourth-order valence-electron chi connectivity index (χ4n) is 2.72. The molecule has 2 rings (SSSR count). The summed E-state index contributed by atoms with van der Waals surface area (Å²) in [7, 11) is -3.42. The molecule has 1 unspecified atom stereocenters. The van der Waals surface area contributed by atoms with Gasteiger partial charge in [0.15, 0.2) is 0 Å². The molecule has 1 aliphatic heterocycles. The van der Waals surface area contributed by atoms with Gasteiger partial charge in [0.05, 0.1) is 4.90 Å². The maximum absolute atomic E-state index is 12.4. The maximum Gasteiger partial charge on any atom is 0.241 e. The highest BCUT2D eigenvalue weighted by atomic mass is 32.2. The predicted octanol–water partition coefficient (Wildman–Crippen LogP) is 1.28. The molecule has 3 N–H and O–H groups in total. The standard InChI is InChI=1S/C13H23N3O2S2/c1-3-16-6-4-5-11(16)9-15-20(17,18)13-7-12(8-14)19-10(13)2/h7,11,15H,3-6,8-9,14H2,1-2H3. The molecule has 0 radical (unpaired) electrons. The summed E-state index contributed by atoms with van der Waals surface area (Å²) in [6.45, 7) is 6.85. The first-order valence-electron chi connectivity index (χ1n) is 7.01. The first-order chi connectivity index (χ1) is 9.47. The van der Waals surface area contributed by atoms with E-state index >= 15 is 0 Å². The molecule has 0 bridgehead atoms. The molecule has 1 fully saturated rings. The van der Waals surface area contributed by atoms with Gasteiger partial charge in [-0.2, -0.15) is 0 Å². The third-order valence-electron chi connectivity index (χ3n) is 3.83. The van der Waals surface area contributed by atoms with Gasteiger partial charge in [-0.25, -0.2) is 13.1 Å². The van der Waals surface area contributed by atoms with Crippen LogP contribution < -0.4 is 10.5 Å². The highest BCUT2D eigenvalue weighted by molar-refractivity contribution is 7.89. The SMILES string of the molecule is CCN1CCCC1CNS(=O)(=O)c1cc(CN)sc1C. The zero-order valence-corrected chi connectivity index (χ0v) is 13.7. The van der Waals surface area contributed by atoms with Crippen molar-refractivity contribution in [2.45, 2.75) is 44.2 Å². The second kappa shape index (κ2) is 6.53. The van der Waals surface area contributed by atoms with E-state index in [1.807, 2.05) is 6.92 Å². The monoisotopic (exact) mass is 317 g/mol. The molecule has 1 atom stereocenters. The quantitative estimate of drug-likeness (QED) is 0.829. The van der Waals surface area contributed by atoms with Crippen LogP contribution in [0.3, 0.4) is 0 Å². The minimum absolute atomic E-state index is 0.322. The number of sulfonamides is 1. The molecule has 0 spiro atoms. The number of aryl methyl sites for hydroxylation is 1. The number of likely N-dealkylation sites (tertiary alicyclic amines) is 1. The second-order valence-corrected chi connectivity index (χ2v) is 8.19. The summed E-state index contributed by atoms with van der Waals surface area (Å²) in [6.07, 6.45) is 2.21. The maximum atomic E-state index is 12.4. The molecule has 0 aliphatic carbocycles. The topological polar surface area (TPSA) is 75.4 Å². The summed E-state index contributed by atoms with van der Waals surface area (Å²) in [5.74, 6) is 0. The lowest BCUT2D eigenvalue weighted by Gasteiger charge is -2.22. The zero-order chi connectivity index (χ0) is 14.8. The first kappa shape index (κ1) is 15.9. The van der Waals surface area contributed by atoms with Crippen LogP contribution >= 0.6 is 11.3 Å². The number of hydrogen-bond donors (Lipinski definition) is 2. The summed E-state index contributed by atoms with van der Waals surface area (Å²) >= 11 is 1.45. The lowest BCUT2D eigenvalue weighted by atomic mass is 10.2. The molecular formula is C13H23N3O2S2. The Morgan fingerprint density at radius 2 is 2.30 bits per heavy atom. The predicted molar refractivity (Wildman–Crippen MR) is 82.4 cm³/mol. The Kier molecular flexibility index (Phi) is 5.19. The Labute approximate surface area is 125 Å². The van der Waals surface area contributed by atoms with Crippen molar-refractivity contribution in [3.05, 3.63) is 15.8 Å². The van der Waals surface area contributed by atoms with Gasteiger partial charge in [-0.3, -0.25) is 4.90 Å². The Morgan fingerprint density at radius 3 is 2.90 bits per heavy atom. The van der Waals surface area contributed by atoms with Crippen LogP contribution in [0.1, 0.15) is 29.5 Å². The van der Waals surface area contributed by atoms with E-state index in [1.165, 1.54) is 11.3 Å². The summed E-state index contributed by atoms with van der Waals surface area (Å²) in [4.78, 5) is 4.41. The minimum Gasteiger partial charge on any atom is -0.326 e. The fraction of sp³-hybridized carbons (Fsp3) is 0.692. The summed E-state index contributed by atoms with van der Waals surface area (Å²) in [5, 5.41) is 0. The van der Waals surface area contributed by atoms with Gasteiger partial charge in [0.1, 0.15) is 0 Å². The van der Waals surface area contributed by atoms with Crippen LogP contribution in [-0.4, -0.2) is 39.0 Å². The number of rotatable bonds is 6. The van der Waals surface area contributed by atoms with Crippen molar-refractivity contribution >= 4 is 21.4 Å². The van der Waals surface area contributed by atoms with Gasteiger partial charge in [0, 0.05) is 28.9 Å². The largest absolute Gasteiger partial charge is 0.326 e. The lowest BCUT2D eigenvalue weighted by molar-refractivity contribution is 0.268. The molecule has 1 aliphatic rings. The Hall–Kier alpha value is -0.470. The Morgan fingerprint density at radius 1 is 1.55 bits per heavy atom. The second-order valence-electron chi connectivity index (χ2n) is 5.11. The van der Waals surface area contributed by atoms with Crippen molar-refractivity contribution < 1.29 is 8.42 Å². The zero-order valence-electron chi connectivity index (χ0n) is 12.1. The van der Waals surface area contributed by atoms with Crippen molar-refractivity contribution in [1.29, 1.82) is 0 Å². The van der Waals surface area contributed by atoms with E-state index in [2.05, 4.69) is 16.5 Å². The lowest BCUT2D eigenvalue weighted by Crippen LogP contribution is -2.40. The van der Waals surface area contributed by atoms with Crippen molar-refractivity contribution in [3.8, 4) is 0 Å². The molecule has 0 aromatic carbocycles. The van der Waals surface area contributed by atoms with Gasteiger partial charge in [-0.15, -0.1) is 11.3 Å². The van der Waals surface area contributed by atoms with Crippen molar-refractivity contribution in [1.82, 2.24) is 9.62 Å². The molecule has 5 nitrogen and oxygen atoms in total. The molecule has 2 heterocycles. The molecule has 114 valence electrons. The van der Waals surface area contributed by atoms with Gasteiger partial charge < -0.3 is 5.73 Å². The number of nitrogens with zero attached hydrogens (tertiary/aromatic N) is 1. The molecule has 0 saturated carbocycles. The molecule has 7 heteroatoms. The molecule has 0 amide bonds. The molecule has 1 aromatic rings. The van der Waals surface area contributed by atoms with Crippen molar-refractivity contribution in [2.75, 3.05) is 19.6 Å². The van der Waals surface area contributed by atoms with Crippen LogP contribution in [0.15, 0.2) is 11.0 Å². The van der Waals surface area contributed by atoms with E-state index in [0.29, 0.717) is 24.0 Å². The van der Waals surface area contributed by atoms with Crippen LogP contribution in [0.2, 0.25) is 0 Å². The summed E-state index contributed by atoms with van der Waals surface area (Å²) in [5.41, 5.74) is 5.57. The van der Waals surface area contributed by atoms with Crippen molar-refractivity contribution in [2.24, 2.45) is 5.73 Å². The third kappa shape index (κ3) is 3.40. The number of nitrogens with two attached hydrogens (primary N) is 1. The highest BCUT2D eigenvalue weighted by Crippen LogP contribution is 2.25. The van der Waals surface area contributed by atoms with Crippen molar-refractivity contribution in [3.63, 3.8) is 0 Å². The molecule has 1 saturated heterocycles. The van der Waals surface area contributed by atoms with Gasteiger partial charge in [-0.05, 0) is 38.9 Å². The van der Waals surface area contributed by atoms with Gasteiger partial charge in [0.2, 0.25) is 10.0 Å². The first-order valence-corrected chi connectivity index (χ1v) is 9.31. The van der Waals surface area contributed by atoms with E-state index in [4.69, 9.17) is 5.73 Å². The Balaban J connectivity index is 2.05. The van der Waals surface area contributed by atoms with Crippen LogP contribution in [0.25, 0.3) is 0 Å². The average Bonchev–Trinajstić information content (AvgIpc) is 3.02. The molecule has 20 heavy (non-hydrogen) atoms. The Bertz CT molecular complexity index is 554. The number of hydrogen-bond acceptors (Lipinski definition) is 5. The minimum atomic E-state index is -3.42. The number of likely N-dealkylation sites (N-methyl/N-ethyl adjacent to an activating group) is 1. The number of nitrogens with one attached hydrogen (secondary N) is 1. The van der Waals surface area contributed by atoms with Crippen LogP contribution in [0.4, 0.5) is 0 Å². The van der Waals surface area contributed by atoms with Gasteiger partial charge in [0.25, 0.3) is 0 Å². The normalized spacial score (nSPS) is 20.6. The van der Waals surface area contributed by atoms with E-state index in [1.54, 1.807) is 6.07 Å². The van der Waals surface area contributed by atoms with Crippen LogP contribution in [0.5, 0.6) is 0 Å². The van der Waals surface area contributed by atoms with E-state index < -0.39 is 10.0 Å². The fourth-order valence-corrected chi connectivity index (χ4v) is 5.30. The van der Waals surface area contributed by atoms with Crippen LogP contribution in [-0.2, 0) is 16.6 Å². The summed E-state index contributed by atoms with van der Waals surface area (Å²) in [6, 6.07) is 2.01. The molecule has 1 aromatic heterocycles. The van der Waals surface area contributed by atoms with Gasteiger partial charge in [-0.1, -0.05) is 6.92 Å². The van der Waals surface area contributed by atoms with Crippen LogP contribution in [0, 0.1) is 6.92 Å². The summed E-state index contributed by atoms with van der Waals surface area (Å²) < 4.78 is 27.5. The van der Waals surface area contributed by atoms with E-state index in [-0.39, 0.29) is 0 Å². The highest BCUT2D eigenvalue weighted by Gasteiger charge is 2.26.